The smallest absolute Gasteiger partial charge is 0.287 e. The molecule has 2 rings (SSSR count). The number of anilines is 1. The van der Waals surface area contributed by atoms with Crippen molar-refractivity contribution >= 4 is 17.3 Å². The van der Waals surface area contributed by atoms with Gasteiger partial charge in [-0.15, -0.1) is 0 Å². The lowest BCUT2D eigenvalue weighted by molar-refractivity contribution is 0.616. The molecule has 0 atom stereocenters. The van der Waals surface area contributed by atoms with Crippen LogP contribution in [0.15, 0.2) is 35.5 Å². The van der Waals surface area contributed by atoms with E-state index in [1.807, 2.05) is 19.1 Å². The van der Waals surface area contributed by atoms with Crippen LogP contribution in [0.4, 0.5) is 5.69 Å². The van der Waals surface area contributed by atoms with Crippen LogP contribution in [0.5, 0.6) is 0 Å². The van der Waals surface area contributed by atoms with Crippen LogP contribution in [0.25, 0.3) is 0 Å². The molecule has 18 heavy (non-hydrogen) atoms. The van der Waals surface area contributed by atoms with Crippen molar-refractivity contribution in [2.45, 2.75) is 20.0 Å². The standard InChI is InChI=1S/C12H13ClN4O/c1-2-17-12(18)11(13)10(8-16-17)15-7-9-4-3-5-14-6-9/h3-6,8,15H,2,7H2,1H3. The van der Waals surface area contributed by atoms with Crippen molar-refractivity contribution in [3.05, 3.63) is 51.7 Å². The number of rotatable bonds is 4. The molecule has 0 unspecified atom stereocenters. The summed E-state index contributed by atoms with van der Waals surface area (Å²) in [6.45, 7) is 2.89. The Kier molecular flexibility index (Phi) is 3.94. The highest BCUT2D eigenvalue weighted by molar-refractivity contribution is 6.32. The molecular formula is C12H13ClN4O. The number of nitrogens with zero attached hydrogens (tertiary/aromatic N) is 3. The molecule has 1 N–H and O–H groups in total. The zero-order valence-corrected chi connectivity index (χ0v) is 10.7. The van der Waals surface area contributed by atoms with Crippen LogP contribution in [-0.2, 0) is 13.1 Å². The minimum atomic E-state index is -0.282. The number of nitrogens with one attached hydrogen (secondary N) is 1. The lowest BCUT2D eigenvalue weighted by Crippen LogP contribution is -2.23. The number of halogens is 1. The van der Waals surface area contributed by atoms with Crippen molar-refractivity contribution in [1.29, 1.82) is 0 Å². The molecule has 0 spiro atoms. The van der Waals surface area contributed by atoms with Gasteiger partial charge in [-0.25, -0.2) is 4.68 Å². The summed E-state index contributed by atoms with van der Waals surface area (Å²) < 4.78 is 1.32. The van der Waals surface area contributed by atoms with E-state index in [2.05, 4.69) is 15.4 Å². The van der Waals surface area contributed by atoms with E-state index in [1.54, 1.807) is 18.6 Å². The van der Waals surface area contributed by atoms with E-state index < -0.39 is 0 Å². The third-order valence-corrected chi connectivity index (χ3v) is 2.86. The lowest BCUT2D eigenvalue weighted by atomic mass is 10.3. The molecule has 0 bridgehead atoms. The van der Waals surface area contributed by atoms with Gasteiger partial charge in [-0.2, -0.15) is 5.10 Å². The van der Waals surface area contributed by atoms with Gasteiger partial charge in [0.1, 0.15) is 5.02 Å². The highest BCUT2D eigenvalue weighted by Gasteiger charge is 2.07. The molecule has 94 valence electrons. The number of pyridine rings is 1. The largest absolute Gasteiger partial charge is 0.378 e. The SMILES string of the molecule is CCn1ncc(NCc2cccnc2)c(Cl)c1=O. The molecule has 5 nitrogen and oxygen atoms in total. The zero-order chi connectivity index (χ0) is 13.0. The molecule has 0 amide bonds. The molecule has 2 aromatic heterocycles. The third kappa shape index (κ3) is 2.68. The Morgan fingerprint density at radius 1 is 1.44 bits per heavy atom. The van der Waals surface area contributed by atoms with Gasteiger partial charge in [0, 0.05) is 25.5 Å². The van der Waals surface area contributed by atoms with Gasteiger partial charge < -0.3 is 5.32 Å². The summed E-state index contributed by atoms with van der Waals surface area (Å²) in [5.41, 5.74) is 1.26. The van der Waals surface area contributed by atoms with Gasteiger partial charge in [0.15, 0.2) is 0 Å². The molecule has 0 aromatic carbocycles. The quantitative estimate of drug-likeness (QED) is 0.917. The summed E-state index contributed by atoms with van der Waals surface area (Å²) in [4.78, 5) is 15.8. The number of hydrogen-bond acceptors (Lipinski definition) is 4. The molecular weight excluding hydrogens is 252 g/mol. The molecule has 0 aliphatic rings. The fraction of sp³-hybridized carbons (Fsp3) is 0.250. The first-order valence-electron chi connectivity index (χ1n) is 5.60. The Morgan fingerprint density at radius 2 is 2.28 bits per heavy atom. The fourth-order valence-electron chi connectivity index (χ4n) is 1.51. The number of aryl methyl sites for hydroxylation is 1. The Balaban J connectivity index is 2.16. The Hall–Kier alpha value is -1.88. The van der Waals surface area contributed by atoms with Crippen LogP contribution in [0, 0.1) is 0 Å². The molecule has 0 saturated carbocycles. The van der Waals surface area contributed by atoms with Gasteiger partial charge >= 0.3 is 0 Å². The van der Waals surface area contributed by atoms with Crippen LogP contribution in [0.2, 0.25) is 5.02 Å². The van der Waals surface area contributed by atoms with E-state index in [0.717, 1.165) is 5.56 Å². The fourth-order valence-corrected chi connectivity index (χ4v) is 1.73. The van der Waals surface area contributed by atoms with Gasteiger partial charge in [0.2, 0.25) is 0 Å². The maximum Gasteiger partial charge on any atom is 0.287 e. The van der Waals surface area contributed by atoms with Crippen molar-refractivity contribution in [2.24, 2.45) is 0 Å². The monoisotopic (exact) mass is 264 g/mol. The van der Waals surface area contributed by atoms with Crippen molar-refractivity contribution in [3.63, 3.8) is 0 Å². The minimum absolute atomic E-state index is 0.163. The Bertz CT molecular complexity index is 582. The zero-order valence-electron chi connectivity index (χ0n) is 9.93. The summed E-state index contributed by atoms with van der Waals surface area (Å²) in [6.07, 6.45) is 5.02. The van der Waals surface area contributed by atoms with E-state index in [4.69, 9.17) is 11.6 Å². The lowest BCUT2D eigenvalue weighted by Gasteiger charge is -2.09. The second-order valence-corrected chi connectivity index (χ2v) is 4.09. The average molecular weight is 265 g/mol. The van der Waals surface area contributed by atoms with Gasteiger partial charge in [0.25, 0.3) is 5.56 Å². The molecule has 2 heterocycles. The summed E-state index contributed by atoms with van der Waals surface area (Å²) >= 11 is 5.99. The molecule has 0 aliphatic carbocycles. The van der Waals surface area contributed by atoms with Gasteiger partial charge in [-0.3, -0.25) is 9.78 Å². The van der Waals surface area contributed by atoms with Crippen molar-refractivity contribution in [3.8, 4) is 0 Å². The van der Waals surface area contributed by atoms with Crippen molar-refractivity contribution in [1.82, 2.24) is 14.8 Å². The van der Waals surface area contributed by atoms with Crippen LogP contribution in [0.1, 0.15) is 12.5 Å². The van der Waals surface area contributed by atoms with Gasteiger partial charge in [-0.05, 0) is 18.6 Å². The predicted octanol–water partition coefficient (Wildman–Crippen LogP) is 1.92. The summed E-state index contributed by atoms with van der Waals surface area (Å²) in [7, 11) is 0. The first-order valence-corrected chi connectivity index (χ1v) is 5.98. The average Bonchev–Trinajstić information content (AvgIpc) is 2.42. The predicted molar refractivity (Wildman–Crippen MR) is 70.7 cm³/mol. The van der Waals surface area contributed by atoms with Crippen molar-refractivity contribution < 1.29 is 0 Å². The summed E-state index contributed by atoms with van der Waals surface area (Å²) in [5, 5.41) is 7.25. The maximum absolute atomic E-state index is 11.7. The Morgan fingerprint density at radius 3 is 2.94 bits per heavy atom. The number of aromatic nitrogens is 3. The van der Waals surface area contributed by atoms with E-state index in [9.17, 15) is 4.79 Å². The van der Waals surface area contributed by atoms with E-state index in [-0.39, 0.29) is 10.6 Å². The molecule has 0 saturated heterocycles. The van der Waals surface area contributed by atoms with E-state index >= 15 is 0 Å². The van der Waals surface area contributed by atoms with Crippen LogP contribution < -0.4 is 10.9 Å². The Labute approximate surface area is 109 Å². The van der Waals surface area contributed by atoms with Gasteiger partial charge in [0.05, 0.1) is 11.9 Å². The summed E-state index contributed by atoms with van der Waals surface area (Å²) in [5.74, 6) is 0. The number of hydrogen-bond donors (Lipinski definition) is 1. The van der Waals surface area contributed by atoms with Crippen LogP contribution in [-0.4, -0.2) is 14.8 Å². The second-order valence-electron chi connectivity index (χ2n) is 3.71. The molecule has 0 fully saturated rings. The third-order valence-electron chi connectivity index (χ3n) is 2.49. The van der Waals surface area contributed by atoms with Crippen LogP contribution >= 0.6 is 11.6 Å². The second kappa shape index (κ2) is 5.64. The highest BCUT2D eigenvalue weighted by Crippen LogP contribution is 2.16. The molecule has 0 aliphatic heterocycles. The minimum Gasteiger partial charge on any atom is -0.378 e. The molecule has 2 aromatic rings. The molecule has 0 radical (unpaired) electrons. The normalized spacial score (nSPS) is 10.3. The van der Waals surface area contributed by atoms with E-state index in [1.165, 1.54) is 4.68 Å². The van der Waals surface area contributed by atoms with E-state index in [0.29, 0.717) is 18.8 Å². The maximum atomic E-state index is 11.7. The van der Waals surface area contributed by atoms with Crippen molar-refractivity contribution in [2.75, 3.05) is 5.32 Å². The topological polar surface area (TPSA) is 59.8 Å². The first-order chi connectivity index (χ1) is 8.72. The highest BCUT2D eigenvalue weighted by atomic mass is 35.5. The molecule has 6 heteroatoms. The summed E-state index contributed by atoms with van der Waals surface area (Å²) in [6, 6.07) is 3.79. The van der Waals surface area contributed by atoms with Gasteiger partial charge in [-0.1, -0.05) is 17.7 Å². The van der Waals surface area contributed by atoms with Crippen LogP contribution in [0.3, 0.4) is 0 Å². The first kappa shape index (κ1) is 12.6.